The third kappa shape index (κ3) is 6.09. The molecular formula is C14H28ClN3O2. The number of hydrogen-bond donors (Lipinski definition) is 2. The zero-order valence-electron chi connectivity index (χ0n) is 12.6. The first-order valence-electron chi connectivity index (χ1n) is 7.38. The summed E-state index contributed by atoms with van der Waals surface area (Å²) < 4.78 is 0. The molecular weight excluding hydrogens is 278 g/mol. The quantitative estimate of drug-likeness (QED) is 0.780. The predicted molar refractivity (Wildman–Crippen MR) is 82.8 cm³/mol. The molecule has 2 atom stereocenters. The number of nitrogens with zero attached hydrogens (tertiary/aromatic N) is 1. The van der Waals surface area contributed by atoms with Gasteiger partial charge in [0.2, 0.25) is 11.8 Å². The maximum Gasteiger partial charge on any atom is 0.222 e. The first-order chi connectivity index (χ1) is 9.06. The standard InChI is InChI=1S/C14H27N3O2.ClH/c1-3-16-13(18)8-6-9-14(19)17-10-5-4-7-12(17)11(2)15;/h11-12H,3-10,15H2,1-2H3,(H,16,18);1H. The van der Waals surface area contributed by atoms with Crippen molar-refractivity contribution in [3.8, 4) is 0 Å². The summed E-state index contributed by atoms with van der Waals surface area (Å²) in [6, 6.07) is 0.193. The van der Waals surface area contributed by atoms with Gasteiger partial charge in [-0.25, -0.2) is 0 Å². The van der Waals surface area contributed by atoms with Crippen molar-refractivity contribution < 1.29 is 9.59 Å². The number of carbonyl (C=O) groups is 2. The van der Waals surface area contributed by atoms with Gasteiger partial charge in [0.1, 0.15) is 0 Å². The Hall–Kier alpha value is -0.810. The number of piperidine rings is 1. The third-order valence-electron chi connectivity index (χ3n) is 3.64. The maximum atomic E-state index is 12.2. The molecule has 0 aliphatic carbocycles. The van der Waals surface area contributed by atoms with Crippen LogP contribution < -0.4 is 11.1 Å². The Balaban J connectivity index is 0.00000361. The topological polar surface area (TPSA) is 75.4 Å². The number of likely N-dealkylation sites (tertiary alicyclic amines) is 1. The van der Waals surface area contributed by atoms with Gasteiger partial charge in [0.15, 0.2) is 0 Å². The zero-order chi connectivity index (χ0) is 14.3. The van der Waals surface area contributed by atoms with Crippen LogP contribution in [0.2, 0.25) is 0 Å². The highest BCUT2D eigenvalue weighted by Gasteiger charge is 2.28. The van der Waals surface area contributed by atoms with E-state index < -0.39 is 0 Å². The van der Waals surface area contributed by atoms with Gasteiger partial charge >= 0.3 is 0 Å². The van der Waals surface area contributed by atoms with Gasteiger partial charge in [0.05, 0.1) is 0 Å². The van der Waals surface area contributed by atoms with E-state index in [-0.39, 0.29) is 36.3 Å². The highest BCUT2D eigenvalue weighted by atomic mass is 35.5. The Morgan fingerprint density at radius 1 is 1.35 bits per heavy atom. The SMILES string of the molecule is CCNC(=O)CCCC(=O)N1CCCCC1C(C)N.Cl. The minimum absolute atomic E-state index is 0. The molecule has 1 fully saturated rings. The summed E-state index contributed by atoms with van der Waals surface area (Å²) in [5, 5.41) is 2.74. The summed E-state index contributed by atoms with van der Waals surface area (Å²) >= 11 is 0. The molecule has 1 saturated heterocycles. The molecule has 0 radical (unpaired) electrons. The Labute approximate surface area is 128 Å². The van der Waals surface area contributed by atoms with E-state index in [2.05, 4.69) is 5.32 Å². The number of carbonyl (C=O) groups excluding carboxylic acids is 2. The van der Waals surface area contributed by atoms with Gasteiger partial charge in [-0.3, -0.25) is 9.59 Å². The van der Waals surface area contributed by atoms with Crippen molar-refractivity contribution in [1.82, 2.24) is 10.2 Å². The average Bonchev–Trinajstić information content (AvgIpc) is 2.38. The van der Waals surface area contributed by atoms with E-state index >= 15 is 0 Å². The van der Waals surface area contributed by atoms with E-state index in [0.29, 0.717) is 25.8 Å². The van der Waals surface area contributed by atoms with Gasteiger partial charge in [-0.1, -0.05) is 0 Å². The van der Waals surface area contributed by atoms with Crippen LogP contribution in [0.4, 0.5) is 0 Å². The second kappa shape index (κ2) is 10.00. The van der Waals surface area contributed by atoms with Crippen LogP contribution in [-0.2, 0) is 9.59 Å². The van der Waals surface area contributed by atoms with Crippen molar-refractivity contribution in [3.05, 3.63) is 0 Å². The number of rotatable bonds is 6. The number of nitrogens with one attached hydrogen (secondary N) is 1. The largest absolute Gasteiger partial charge is 0.356 e. The number of halogens is 1. The van der Waals surface area contributed by atoms with Crippen LogP contribution in [0.5, 0.6) is 0 Å². The monoisotopic (exact) mass is 305 g/mol. The summed E-state index contributed by atoms with van der Waals surface area (Å²) in [6.45, 7) is 5.31. The summed E-state index contributed by atoms with van der Waals surface area (Å²) in [6.07, 6.45) is 4.70. The molecule has 5 nitrogen and oxygen atoms in total. The lowest BCUT2D eigenvalue weighted by molar-refractivity contribution is -0.135. The van der Waals surface area contributed by atoms with E-state index in [0.717, 1.165) is 25.8 Å². The van der Waals surface area contributed by atoms with Crippen molar-refractivity contribution in [2.75, 3.05) is 13.1 Å². The van der Waals surface area contributed by atoms with Crippen LogP contribution in [0, 0.1) is 0 Å². The van der Waals surface area contributed by atoms with Crippen molar-refractivity contribution in [3.63, 3.8) is 0 Å². The fourth-order valence-electron chi connectivity index (χ4n) is 2.64. The predicted octanol–water partition coefficient (Wildman–Crippen LogP) is 1.44. The minimum Gasteiger partial charge on any atom is -0.356 e. The second-order valence-corrected chi connectivity index (χ2v) is 5.32. The number of nitrogens with two attached hydrogens (primary N) is 1. The molecule has 2 amide bonds. The van der Waals surface area contributed by atoms with E-state index in [9.17, 15) is 9.59 Å². The molecule has 0 bridgehead atoms. The zero-order valence-corrected chi connectivity index (χ0v) is 13.4. The van der Waals surface area contributed by atoms with Gasteiger partial charge in [0, 0.05) is 38.0 Å². The molecule has 0 aromatic heterocycles. The van der Waals surface area contributed by atoms with E-state index in [4.69, 9.17) is 5.73 Å². The molecule has 1 rings (SSSR count). The van der Waals surface area contributed by atoms with Crippen LogP contribution in [0.25, 0.3) is 0 Å². The van der Waals surface area contributed by atoms with E-state index in [1.165, 1.54) is 0 Å². The lowest BCUT2D eigenvalue weighted by Crippen LogP contribution is -2.51. The molecule has 6 heteroatoms. The Morgan fingerprint density at radius 3 is 2.65 bits per heavy atom. The van der Waals surface area contributed by atoms with Gasteiger partial charge in [-0.2, -0.15) is 0 Å². The number of hydrogen-bond acceptors (Lipinski definition) is 3. The molecule has 20 heavy (non-hydrogen) atoms. The van der Waals surface area contributed by atoms with Crippen molar-refractivity contribution in [2.45, 2.75) is 64.5 Å². The minimum atomic E-state index is 0. The summed E-state index contributed by atoms with van der Waals surface area (Å²) in [5.74, 6) is 0.170. The maximum absolute atomic E-state index is 12.2. The van der Waals surface area contributed by atoms with Crippen LogP contribution >= 0.6 is 12.4 Å². The first kappa shape index (κ1) is 19.2. The fraction of sp³-hybridized carbons (Fsp3) is 0.857. The number of amides is 2. The fourth-order valence-corrected chi connectivity index (χ4v) is 2.64. The van der Waals surface area contributed by atoms with Crippen molar-refractivity contribution in [2.24, 2.45) is 5.73 Å². The lowest BCUT2D eigenvalue weighted by atomic mass is 9.96. The molecule has 0 aromatic rings. The Morgan fingerprint density at radius 2 is 2.05 bits per heavy atom. The van der Waals surface area contributed by atoms with Crippen LogP contribution in [-0.4, -0.2) is 41.9 Å². The summed E-state index contributed by atoms with van der Waals surface area (Å²) in [7, 11) is 0. The Kier molecular flexibility index (Phi) is 9.59. The van der Waals surface area contributed by atoms with E-state index in [1.807, 2.05) is 18.7 Å². The highest BCUT2D eigenvalue weighted by Crippen LogP contribution is 2.20. The highest BCUT2D eigenvalue weighted by molar-refractivity contribution is 5.85. The lowest BCUT2D eigenvalue weighted by Gasteiger charge is -2.38. The molecule has 0 spiro atoms. The van der Waals surface area contributed by atoms with Crippen LogP contribution in [0.15, 0.2) is 0 Å². The molecule has 2 unspecified atom stereocenters. The van der Waals surface area contributed by atoms with Crippen LogP contribution in [0.1, 0.15) is 52.4 Å². The molecule has 1 aliphatic heterocycles. The second-order valence-electron chi connectivity index (χ2n) is 5.32. The van der Waals surface area contributed by atoms with Gasteiger partial charge in [0.25, 0.3) is 0 Å². The third-order valence-corrected chi connectivity index (χ3v) is 3.64. The van der Waals surface area contributed by atoms with Crippen molar-refractivity contribution in [1.29, 1.82) is 0 Å². The first-order valence-corrected chi connectivity index (χ1v) is 7.38. The molecule has 0 aromatic carbocycles. The van der Waals surface area contributed by atoms with E-state index in [1.54, 1.807) is 0 Å². The van der Waals surface area contributed by atoms with Crippen molar-refractivity contribution >= 4 is 24.2 Å². The van der Waals surface area contributed by atoms with Gasteiger partial charge in [-0.15, -0.1) is 12.4 Å². The summed E-state index contributed by atoms with van der Waals surface area (Å²) in [4.78, 5) is 25.4. The summed E-state index contributed by atoms with van der Waals surface area (Å²) in [5.41, 5.74) is 5.95. The smallest absolute Gasteiger partial charge is 0.222 e. The molecule has 1 aliphatic rings. The van der Waals surface area contributed by atoms with Crippen LogP contribution in [0.3, 0.4) is 0 Å². The van der Waals surface area contributed by atoms with Gasteiger partial charge in [-0.05, 0) is 39.5 Å². The van der Waals surface area contributed by atoms with Gasteiger partial charge < -0.3 is 16.0 Å². The molecule has 1 heterocycles. The molecule has 0 saturated carbocycles. The Bertz CT molecular complexity index is 311. The average molecular weight is 306 g/mol. The molecule has 118 valence electrons. The normalized spacial score (nSPS) is 19.9. The molecule has 3 N–H and O–H groups in total.